The molecule has 42 heavy (non-hydrogen) atoms. The summed E-state index contributed by atoms with van der Waals surface area (Å²) in [6.07, 6.45) is 3.15. The zero-order valence-electron chi connectivity index (χ0n) is 23.1. The van der Waals surface area contributed by atoms with Gasteiger partial charge < -0.3 is 24.3 Å². The summed E-state index contributed by atoms with van der Waals surface area (Å²) in [5, 5.41) is 2.76. The van der Waals surface area contributed by atoms with Gasteiger partial charge in [0.15, 0.2) is 11.5 Å². The lowest BCUT2D eigenvalue weighted by molar-refractivity contribution is 0.102. The van der Waals surface area contributed by atoms with Crippen molar-refractivity contribution >= 4 is 22.6 Å². The Morgan fingerprint density at radius 1 is 0.976 bits per heavy atom. The number of carbonyl (C=O) groups excluding carboxylic acids is 1. The van der Waals surface area contributed by atoms with Gasteiger partial charge in [0.1, 0.15) is 29.3 Å². The first-order chi connectivity index (χ1) is 20.4. The largest absolute Gasteiger partial charge is 0.485 e. The Kier molecular flexibility index (Phi) is 8.39. The van der Waals surface area contributed by atoms with Crippen molar-refractivity contribution in [1.29, 1.82) is 0 Å². The van der Waals surface area contributed by atoms with Crippen molar-refractivity contribution < 1.29 is 28.1 Å². The second-order valence-electron chi connectivity index (χ2n) is 9.12. The Hall–Kier alpha value is -5.29. The molecule has 0 aliphatic heterocycles. The van der Waals surface area contributed by atoms with Gasteiger partial charge in [0, 0.05) is 43.0 Å². The second-order valence-corrected chi connectivity index (χ2v) is 9.12. The number of methoxy groups -OCH3 is 2. The van der Waals surface area contributed by atoms with E-state index in [4.69, 9.17) is 18.9 Å². The molecule has 0 radical (unpaired) electrons. The molecule has 3 aromatic heterocycles. The van der Waals surface area contributed by atoms with E-state index in [-0.39, 0.29) is 11.4 Å². The van der Waals surface area contributed by atoms with E-state index in [0.29, 0.717) is 58.4 Å². The highest BCUT2D eigenvalue weighted by Gasteiger charge is 2.18. The molecule has 2 aromatic carbocycles. The van der Waals surface area contributed by atoms with Crippen LogP contribution in [0.25, 0.3) is 16.7 Å². The van der Waals surface area contributed by atoms with Crippen LogP contribution in [-0.2, 0) is 4.74 Å². The number of benzene rings is 2. The van der Waals surface area contributed by atoms with Crippen molar-refractivity contribution in [3.05, 3.63) is 106 Å². The number of aryl methyl sites for hydroxylation is 1. The molecule has 0 spiro atoms. The van der Waals surface area contributed by atoms with Crippen molar-refractivity contribution in [2.75, 3.05) is 32.8 Å². The normalized spacial score (nSPS) is 10.9. The topological polar surface area (TPSA) is 114 Å². The van der Waals surface area contributed by atoms with Gasteiger partial charge >= 0.3 is 0 Å². The molecule has 0 saturated heterocycles. The minimum Gasteiger partial charge on any atom is -0.485 e. The minimum atomic E-state index is -0.567. The van der Waals surface area contributed by atoms with Crippen LogP contribution in [0.1, 0.15) is 15.9 Å². The summed E-state index contributed by atoms with van der Waals surface area (Å²) >= 11 is 0. The summed E-state index contributed by atoms with van der Waals surface area (Å²) in [5.74, 6) is 0.655. The van der Waals surface area contributed by atoms with Crippen LogP contribution in [0.4, 0.5) is 10.1 Å². The van der Waals surface area contributed by atoms with Crippen LogP contribution in [-0.4, -0.2) is 47.9 Å². The molecular weight excluding hydrogens is 543 g/mol. The number of nitrogens with zero attached hydrogens (tertiary/aromatic N) is 3. The third kappa shape index (κ3) is 6.06. The number of carbonyl (C=O) groups is 1. The molecule has 0 aliphatic rings. The number of amides is 1. The second kappa shape index (κ2) is 12.5. The lowest BCUT2D eigenvalue weighted by Crippen LogP contribution is -2.29. The van der Waals surface area contributed by atoms with Crippen LogP contribution in [0.3, 0.4) is 0 Å². The molecule has 0 fully saturated rings. The van der Waals surface area contributed by atoms with E-state index in [1.165, 1.54) is 35.9 Å². The van der Waals surface area contributed by atoms with Crippen LogP contribution in [0.15, 0.2) is 83.9 Å². The van der Waals surface area contributed by atoms with Crippen LogP contribution < -0.4 is 25.1 Å². The molecule has 0 saturated carbocycles. The first kappa shape index (κ1) is 28.2. The smallest absolute Gasteiger partial charge is 0.268 e. The van der Waals surface area contributed by atoms with E-state index in [9.17, 15) is 14.0 Å². The maximum Gasteiger partial charge on any atom is 0.268 e. The Labute approximate surface area is 240 Å². The maximum atomic E-state index is 13.4. The van der Waals surface area contributed by atoms with E-state index in [1.807, 2.05) is 0 Å². The maximum absolute atomic E-state index is 13.4. The van der Waals surface area contributed by atoms with Gasteiger partial charge in [-0.1, -0.05) is 0 Å². The summed E-state index contributed by atoms with van der Waals surface area (Å²) in [4.78, 5) is 35.2. The van der Waals surface area contributed by atoms with Gasteiger partial charge in [0.25, 0.3) is 17.3 Å². The average molecular weight is 571 g/mol. The monoisotopic (exact) mass is 570 g/mol. The number of nitrogens with one attached hydrogen (secondary N) is 1. The third-order valence-corrected chi connectivity index (χ3v) is 6.32. The lowest BCUT2D eigenvalue weighted by atomic mass is 10.1. The lowest BCUT2D eigenvalue weighted by Gasteiger charge is -2.13. The zero-order valence-corrected chi connectivity index (χ0v) is 23.1. The molecular formula is C31H27FN4O6. The van der Waals surface area contributed by atoms with Crippen molar-refractivity contribution in [1.82, 2.24) is 14.5 Å². The highest BCUT2D eigenvalue weighted by Crippen LogP contribution is 2.34. The fraction of sp³-hybridized carbons (Fsp3) is 0.161. The first-order valence-corrected chi connectivity index (χ1v) is 12.9. The van der Waals surface area contributed by atoms with E-state index in [2.05, 4.69) is 15.3 Å². The number of hydrogen-bond donors (Lipinski definition) is 1. The van der Waals surface area contributed by atoms with Crippen LogP contribution in [0, 0.1) is 12.7 Å². The number of ether oxygens (including phenoxy) is 4. The summed E-state index contributed by atoms with van der Waals surface area (Å²) < 4.78 is 36.8. The number of halogens is 1. The summed E-state index contributed by atoms with van der Waals surface area (Å²) in [5.41, 5.74) is 1.91. The Balaban J connectivity index is 1.34. The van der Waals surface area contributed by atoms with Gasteiger partial charge in [-0.05, 0) is 67.1 Å². The van der Waals surface area contributed by atoms with Crippen LogP contribution in [0.2, 0.25) is 0 Å². The van der Waals surface area contributed by atoms with Crippen molar-refractivity contribution in [3.8, 4) is 28.8 Å². The van der Waals surface area contributed by atoms with Crippen molar-refractivity contribution in [2.45, 2.75) is 6.92 Å². The number of aromatic nitrogens is 3. The molecule has 214 valence electrons. The standard InChI is InChI=1S/C31H27FN4O6/c1-19-13-15-36(22-8-4-20(32)5-9-22)31(38)27(19)29(37)34-21-6-10-23(11-7-21)42-25-12-14-33-24-18-26(41-17-16-39-2)30(40-3)35-28(24)25/h4-15,18H,16-17H2,1-3H3,(H,34,37). The quantitative estimate of drug-likeness (QED) is 0.225. The number of anilines is 1. The van der Waals surface area contributed by atoms with Gasteiger partial charge in [0.05, 0.1) is 19.2 Å². The highest BCUT2D eigenvalue weighted by molar-refractivity contribution is 6.05. The number of pyridine rings is 3. The molecule has 0 atom stereocenters. The Bertz CT molecular complexity index is 1790. The molecule has 10 nitrogen and oxygen atoms in total. The molecule has 3 heterocycles. The van der Waals surface area contributed by atoms with Crippen LogP contribution >= 0.6 is 0 Å². The molecule has 0 bridgehead atoms. The van der Waals surface area contributed by atoms with Gasteiger partial charge in [-0.25, -0.2) is 9.37 Å². The third-order valence-electron chi connectivity index (χ3n) is 6.32. The average Bonchev–Trinajstić information content (AvgIpc) is 2.99. The van der Waals surface area contributed by atoms with Crippen LogP contribution in [0.5, 0.6) is 23.1 Å². The Morgan fingerprint density at radius 3 is 2.45 bits per heavy atom. The first-order valence-electron chi connectivity index (χ1n) is 12.9. The molecule has 0 unspecified atom stereocenters. The molecule has 1 amide bonds. The minimum absolute atomic E-state index is 0.0176. The number of fused-ring (bicyclic) bond motifs is 1. The van der Waals surface area contributed by atoms with E-state index >= 15 is 0 Å². The molecule has 5 aromatic rings. The fourth-order valence-electron chi connectivity index (χ4n) is 4.21. The number of rotatable bonds is 10. The van der Waals surface area contributed by atoms with Gasteiger partial charge in [-0.15, -0.1) is 0 Å². The number of hydrogen-bond acceptors (Lipinski definition) is 8. The molecule has 5 rings (SSSR count). The highest BCUT2D eigenvalue weighted by atomic mass is 19.1. The summed E-state index contributed by atoms with van der Waals surface area (Å²) in [6, 6.07) is 17.2. The fourth-order valence-corrected chi connectivity index (χ4v) is 4.21. The van der Waals surface area contributed by atoms with Gasteiger partial charge in [-0.2, -0.15) is 0 Å². The predicted octanol–water partition coefficient (Wildman–Crippen LogP) is 5.31. The molecule has 0 aliphatic carbocycles. The Morgan fingerprint density at radius 2 is 1.74 bits per heavy atom. The van der Waals surface area contributed by atoms with Crippen molar-refractivity contribution in [3.63, 3.8) is 0 Å². The van der Waals surface area contributed by atoms with E-state index < -0.39 is 17.3 Å². The van der Waals surface area contributed by atoms with Gasteiger partial charge in [0.2, 0.25) is 0 Å². The summed E-state index contributed by atoms with van der Waals surface area (Å²) in [7, 11) is 3.08. The zero-order chi connectivity index (χ0) is 29.6. The van der Waals surface area contributed by atoms with Gasteiger partial charge in [-0.3, -0.25) is 19.1 Å². The molecule has 11 heteroatoms. The van der Waals surface area contributed by atoms with E-state index in [0.717, 1.165) is 0 Å². The van der Waals surface area contributed by atoms with Crippen molar-refractivity contribution in [2.24, 2.45) is 0 Å². The summed E-state index contributed by atoms with van der Waals surface area (Å²) in [6.45, 7) is 2.42. The SMILES string of the molecule is COCCOc1cc2nccc(Oc3ccc(NC(=O)c4c(C)ccn(-c5ccc(F)cc5)c4=O)cc3)c2nc1OC. The molecule has 1 N–H and O–H groups in total. The van der Waals surface area contributed by atoms with E-state index in [1.54, 1.807) is 68.9 Å². The predicted molar refractivity (Wildman–Crippen MR) is 155 cm³/mol.